The Balaban J connectivity index is 1.55. The van der Waals surface area contributed by atoms with Gasteiger partial charge in [-0.3, -0.25) is 0 Å². The van der Waals surface area contributed by atoms with Crippen molar-refractivity contribution in [2.75, 3.05) is 5.73 Å². The van der Waals surface area contributed by atoms with Gasteiger partial charge in [0.25, 0.3) is 0 Å². The van der Waals surface area contributed by atoms with E-state index in [0.717, 1.165) is 61.7 Å². The zero-order valence-electron chi connectivity index (χ0n) is 17.6. The molecule has 0 atom stereocenters. The van der Waals surface area contributed by atoms with Crippen LogP contribution in [0.15, 0.2) is 72.8 Å². The molecule has 0 radical (unpaired) electrons. The first-order valence-electron chi connectivity index (χ1n) is 10.6. The molecule has 1 aromatic carbocycles. The lowest BCUT2D eigenvalue weighted by molar-refractivity contribution is 1.31. The lowest BCUT2D eigenvalue weighted by atomic mass is 10.1. The van der Waals surface area contributed by atoms with Crippen LogP contribution in [0.3, 0.4) is 0 Å². The number of anilines is 1. The molecular formula is C28H19N5. The Morgan fingerprint density at radius 2 is 1.18 bits per heavy atom. The summed E-state index contributed by atoms with van der Waals surface area (Å²) in [6.45, 7) is 0. The molecular weight excluding hydrogens is 406 g/mol. The average Bonchev–Trinajstić information content (AvgIpc) is 3.59. The normalized spacial score (nSPS) is 12.2. The van der Waals surface area contributed by atoms with Crippen molar-refractivity contribution < 1.29 is 0 Å². The van der Waals surface area contributed by atoms with Gasteiger partial charge in [0.15, 0.2) is 0 Å². The van der Waals surface area contributed by atoms with Crippen LogP contribution in [0.2, 0.25) is 0 Å². The van der Waals surface area contributed by atoms with Crippen molar-refractivity contribution in [1.29, 1.82) is 0 Å². The summed E-state index contributed by atoms with van der Waals surface area (Å²) >= 11 is 0. The van der Waals surface area contributed by atoms with E-state index in [2.05, 4.69) is 26.8 Å². The average molecular weight is 425 g/mol. The van der Waals surface area contributed by atoms with E-state index in [9.17, 15) is 0 Å². The molecule has 2 aliphatic heterocycles. The van der Waals surface area contributed by atoms with Crippen molar-refractivity contribution in [1.82, 2.24) is 19.9 Å². The molecule has 0 aliphatic carbocycles. The molecule has 4 N–H and O–H groups in total. The highest BCUT2D eigenvalue weighted by atomic mass is 14.8. The smallest absolute Gasteiger partial charge is 0.0814 e. The van der Waals surface area contributed by atoms with Crippen LogP contribution in [-0.4, -0.2) is 19.9 Å². The van der Waals surface area contributed by atoms with Crippen molar-refractivity contribution in [2.24, 2.45) is 0 Å². The van der Waals surface area contributed by atoms with E-state index in [4.69, 9.17) is 10.7 Å². The minimum atomic E-state index is 0.723. The van der Waals surface area contributed by atoms with E-state index in [1.807, 2.05) is 91.0 Å². The molecule has 6 rings (SSSR count). The molecule has 3 aromatic heterocycles. The van der Waals surface area contributed by atoms with Gasteiger partial charge in [-0.25, -0.2) is 9.97 Å². The Kier molecular flexibility index (Phi) is 4.41. The molecule has 156 valence electrons. The molecule has 8 bridgehead atoms. The Hall–Kier alpha value is -4.82. The number of hydrogen-bond donors (Lipinski definition) is 3. The second kappa shape index (κ2) is 7.70. The lowest BCUT2D eigenvalue weighted by Crippen LogP contribution is -1.83. The van der Waals surface area contributed by atoms with E-state index in [-0.39, 0.29) is 0 Å². The molecule has 0 saturated carbocycles. The first-order chi connectivity index (χ1) is 16.2. The summed E-state index contributed by atoms with van der Waals surface area (Å²) in [5, 5.41) is 0. The van der Waals surface area contributed by atoms with Crippen LogP contribution >= 0.6 is 0 Å². The number of hydrogen-bond acceptors (Lipinski definition) is 3. The van der Waals surface area contributed by atoms with Crippen molar-refractivity contribution >= 4 is 51.6 Å². The second-order valence-electron chi connectivity index (χ2n) is 7.96. The largest absolute Gasteiger partial charge is 0.399 e. The van der Waals surface area contributed by atoms with Crippen LogP contribution in [0.25, 0.3) is 45.9 Å². The van der Waals surface area contributed by atoms with Crippen LogP contribution in [-0.2, 0) is 0 Å². The Morgan fingerprint density at radius 1 is 0.606 bits per heavy atom. The fourth-order valence-electron chi connectivity index (χ4n) is 3.82. The third-order valence-corrected chi connectivity index (χ3v) is 5.42. The third-order valence-electron chi connectivity index (χ3n) is 5.42. The van der Waals surface area contributed by atoms with Gasteiger partial charge in [-0.2, -0.15) is 0 Å². The lowest BCUT2D eigenvalue weighted by Gasteiger charge is -1.93. The van der Waals surface area contributed by atoms with E-state index < -0.39 is 0 Å². The van der Waals surface area contributed by atoms with Gasteiger partial charge in [0.2, 0.25) is 0 Å². The van der Waals surface area contributed by atoms with Crippen LogP contribution < -0.4 is 5.73 Å². The number of rotatable bonds is 0. The summed E-state index contributed by atoms with van der Waals surface area (Å²) < 4.78 is 0. The summed E-state index contributed by atoms with van der Waals surface area (Å²) in [6.07, 6.45) is 6.04. The van der Waals surface area contributed by atoms with Gasteiger partial charge in [0, 0.05) is 33.3 Å². The first-order valence-corrected chi connectivity index (χ1v) is 10.6. The van der Waals surface area contributed by atoms with Gasteiger partial charge < -0.3 is 15.7 Å². The summed E-state index contributed by atoms with van der Waals surface area (Å²) in [5.41, 5.74) is 15.6. The van der Waals surface area contributed by atoms with Crippen LogP contribution in [0.5, 0.6) is 0 Å². The number of nitrogens with two attached hydrogens (primary N) is 1. The van der Waals surface area contributed by atoms with E-state index in [1.165, 1.54) is 0 Å². The molecule has 5 heterocycles. The van der Waals surface area contributed by atoms with Gasteiger partial charge in [-0.1, -0.05) is 11.8 Å². The number of fused-ring (bicyclic) bond motifs is 8. The summed E-state index contributed by atoms with van der Waals surface area (Å²) in [7, 11) is 0. The SMILES string of the molecule is Nc1ccc(C#CC2=Cc3cc4ccc(cc5nc(cc6ccc(cc2n3)[nH]6)C=C5)[nH]4)cc1. The number of nitrogens with zero attached hydrogens (tertiary/aromatic N) is 2. The number of H-pyrrole nitrogens is 2. The monoisotopic (exact) mass is 425 g/mol. The minimum absolute atomic E-state index is 0.723. The number of aromatic nitrogens is 4. The van der Waals surface area contributed by atoms with E-state index >= 15 is 0 Å². The molecule has 0 saturated heterocycles. The predicted molar refractivity (Wildman–Crippen MR) is 136 cm³/mol. The van der Waals surface area contributed by atoms with Crippen LogP contribution in [0.4, 0.5) is 5.69 Å². The highest BCUT2D eigenvalue weighted by Crippen LogP contribution is 2.22. The van der Waals surface area contributed by atoms with E-state index in [0.29, 0.717) is 0 Å². The zero-order chi connectivity index (χ0) is 22.2. The Labute approximate surface area is 190 Å². The van der Waals surface area contributed by atoms with Gasteiger partial charge in [0.05, 0.1) is 28.3 Å². The number of nitrogen functional groups attached to an aromatic ring is 1. The number of benzene rings is 1. The fourth-order valence-corrected chi connectivity index (χ4v) is 3.82. The molecule has 33 heavy (non-hydrogen) atoms. The predicted octanol–water partition coefficient (Wildman–Crippen LogP) is 5.66. The molecule has 0 fully saturated rings. The van der Waals surface area contributed by atoms with Crippen LogP contribution in [0, 0.1) is 11.8 Å². The summed E-state index contributed by atoms with van der Waals surface area (Å²) in [4.78, 5) is 16.4. The van der Waals surface area contributed by atoms with Crippen molar-refractivity contribution in [3.05, 3.63) is 101 Å². The maximum absolute atomic E-state index is 5.79. The Morgan fingerprint density at radius 3 is 1.82 bits per heavy atom. The summed E-state index contributed by atoms with van der Waals surface area (Å²) in [5.74, 6) is 6.50. The summed E-state index contributed by atoms with van der Waals surface area (Å²) in [6, 6.07) is 23.8. The van der Waals surface area contributed by atoms with Crippen LogP contribution in [0.1, 0.15) is 28.3 Å². The highest BCUT2D eigenvalue weighted by molar-refractivity contribution is 5.93. The molecule has 5 nitrogen and oxygen atoms in total. The number of aromatic amines is 2. The molecule has 0 unspecified atom stereocenters. The fraction of sp³-hybridized carbons (Fsp3) is 0. The number of nitrogens with one attached hydrogen (secondary N) is 2. The first kappa shape index (κ1) is 18.9. The molecule has 2 aliphatic rings. The maximum atomic E-state index is 5.79. The quantitative estimate of drug-likeness (QED) is 0.221. The molecule has 0 spiro atoms. The third kappa shape index (κ3) is 4.06. The van der Waals surface area contributed by atoms with Crippen molar-refractivity contribution in [3.8, 4) is 11.8 Å². The second-order valence-corrected chi connectivity index (χ2v) is 7.96. The molecule has 4 aromatic rings. The van der Waals surface area contributed by atoms with Crippen molar-refractivity contribution in [2.45, 2.75) is 0 Å². The minimum Gasteiger partial charge on any atom is -0.399 e. The van der Waals surface area contributed by atoms with Gasteiger partial charge in [-0.05, 0) is 91.0 Å². The zero-order valence-corrected chi connectivity index (χ0v) is 17.6. The highest BCUT2D eigenvalue weighted by Gasteiger charge is 2.08. The number of allylic oxidation sites excluding steroid dienone is 1. The van der Waals surface area contributed by atoms with Gasteiger partial charge in [0.1, 0.15) is 0 Å². The Bertz CT molecular complexity index is 1670. The van der Waals surface area contributed by atoms with Gasteiger partial charge >= 0.3 is 0 Å². The van der Waals surface area contributed by atoms with E-state index in [1.54, 1.807) is 0 Å². The standard InChI is InChI=1S/C28H19N5/c29-20-5-2-18(3-6-20)1-4-19-13-27-16-25-10-9-23(31-25)14-21-7-8-22(30-21)15-24-11-12-26(32-24)17-28(19)33-27/h2-3,5-17,31-32H,29H2. The molecule has 5 heteroatoms. The van der Waals surface area contributed by atoms with Gasteiger partial charge in [-0.15, -0.1) is 0 Å². The maximum Gasteiger partial charge on any atom is 0.0814 e. The topological polar surface area (TPSA) is 83.4 Å². The molecule has 0 amide bonds. The van der Waals surface area contributed by atoms with Crippen molar-refractivity contribution in [3.63, 3.8) is 0 Å².